The molecule has 0 fully saturated rings. The fraction of sp³-hybridized carbons (Fsp3) is 0.114. The first-order valence-electron chi connectivity index (χ1n) is 13.2. The normalized spacial score (nSPS) is 12.1. The van der Waals surface area contributed by atoms with Crippen LogP contribution in [0.4, 0.5) is 4.39 Å². The van der Waals surface area contributed by atoms with E-state index >= 15 is 0 Å². The highest BCUT2D eigenvalue weighted by molar-refractivity contribution is 7.26. The molecule has 0 aliphatic carbocycles. The molecule has 7 aromatic rings. The van der Waals surface area contributed by atoms with Crippen molar-refractivity contribution in [3.63, 3.8) is 0 Å². The molecule has 0 atom stereocenters. The third-order valence-corrected chi connectivity index (χ3v) is 8.68. The lowest BCUT2D eigenvalue weighted by atomic mass is 9.87. The molecule has 0 radical (unpaired) electrons. The summed E-state index contributed by atoms with van der Waals surface area (Å²) >= 11 is 1.79. The Bertz CT molecular complexity index is 1990. The molecule has 7 rings (SSSR count). The van der Waals surface area contributed by atoms with Crippen molar-refractivity contribution in [2.45, 2.75) is 26.2 Å². The van der Waals surface area contributed by atoms with E-state index in [0.717, 1.165) is 39.2 Å². The van der Waals surface area contributed by atoms with Crippen LogP contribution in [0.2, 0.25) is 0 Å². The van der Waals surface area contributed by atoms with Crippen molar-refractivity contribution in [3.8, 4) is 28.2 Å². The van der Waals surface area contributed by atoms with E-state index < -0.39 is 0 Å². The van der Waals surface area contributed by atoms with Crippen molar-refractivity contribution in [2.24, 2.45) is 0 Å². The number of thiophene rings is 1. The van der Waals surface area contributed by atoms with Crippen LogP contribution in [-0.4, -0.2) is 9.55 Å². The van der Waals surface area contributed by atoms with Gasteiger partial charge in [-0.25, -0.2) is 9.37 Å². The second-order valence-electron chi connectivity index (χ2n) is 11.0. The number of hydrogen-bond donors (Lipinski definition) is 0. The average molecular weight is 527 g/mol. The van der Waals surface area contributed by atoms with Gasteiger partial charge in [0.25, 0.3) is 0 Å². The molecule has 0 unspecified atom stereocenters. The minimum atomic E-state index is -0.224. The van der Waals surface area contributed by atoms with Crippen molar-refractivity contribution in [1.29, 1.82) is 0 Å². The number of aromatic nitrogens is 2. The van der Waals surface area contributed by atoms with Crippen LogP contribution in [0, 0.1) is 5.82 Å². The number of para-hydroxylation sites is 2. The molecule has 0 saturated carbocycles. The number of fused-ring (bicyclic) bond motifs is 4. The maximum absolute atomic E-state index is 13.7. The molecule has 0 saturated heterocycles. The van der Waals surface area contributed by atoms with Crippen molar-refractivity contribution in [3.05, 3.63) is 121 Å². The van der Waals surface area contributed by atoms with E-state index in [1.807, 2.05) is 18.2 Å². The van der Waals surface area contributed by atoms with Crippen molar-refractivity contribution in [1.82, 2.24) is 9.55 Å². The molecule has 0 bridgehead atoms. The van der Waals surface area contributed by atoms with Gasteiger partial charge in [0, 0.05) is 31.4 Å². The number of benzene rings is 5. The summed E-state index contributed by atoms with van der Waals surface area (Å²) in [6.45, 7) is 6.72. The van der Waals surface area contributed by atoms with E-state index in [4.69, 9.17) is 4.98 Å². The minimum absolute atomic E-state index is 0.0866. The highest BCUT2D eigenvalue weighted by Gasteiger charge is 2.20. The number of imidazole rings is 1. The molecule has 0 amide bonds. The third-order valence-electron chi connectivity index (χ3n) is 7.47. The lowest BCUT2D eigenvalue weighted by Crippen LogP contribution is -2.11. The molecule has 0 aliphatic heterocycles. The van der Waals surface area contributed by atoms with E-state index in [-0.39, 0.29) is 11.2 Å². The SMILES string of the molecule is CC(C)(C)c1ccc(-n2c(-c3cccc4c3sc3cccc(-c5ccc(F)cc5)c34)nc3ccccc32)cc1. The van der Waals surface area contributed by atoms with Gasteiger partial charge in [-0.1, -0.05) is 81.4 Å². The summed E-state index contributed by atoms with van der Waals surface area (Å²) in [5.74, 6) is 0.707. The predicted octanol–water partition coefficient (Wildman–Crippen LogP) is 10.2. The predicted molar refractivity (Wildman–Crippen MR) is 163 cm³/mol. The van der Waals surface area contributed by atoms with Crippen LogP contribution in [0.15, 0.2) is 109 Å². The van der Waals surface area contributed by atoms with Crippen molar-refractivity contribution < 1.29 is 4.39 Å². The number of nitrogens with zero attached hydrogens (tertiary/aromatic N) is 2. The van der Waals surface area contributed by atoms with Gasteiger partial charge < -0.3 is 0 Å². The van der Waals surface area contributed by atoms with E-state index in [2.05, 4.69) is 104 Å². The van der Waals surface area contributed by atoms with Crippen LogP contribution in [-0.2, 0) is 5.41 Å². The van der Waals surface area contributed by atoms with Gasteiger partial charge in [-0.3, -0.25) is 4.57 Å². The smallest absolute Gasteiger partial charge is 0.147 e. The highest BCUT2D eigenvalue weighted by atomic mass is 32.1. The molecule has 2 aromatic heterocycles. The molecule has 0 spiro atoms. The fourth-order valence-electron chi connectivity index (χ4n) is 5.47. The Morgan fingerprint density at radius 3 is 2.21 bits per heavy atom. The summed E-state index contributed by atoms with van der Waals surface area (Å²) in [7, 11) is 0. The third kappa shape index (κ3) is 3.95. The zero-order valence-electron chi connectivity index (χ0n) is 22.1. The van der Waals surface area contributed by atoms with Crippen LogP contribution in [0.25, 0.3) is 59.4 Å². The van der Waals surface area contributed by atoms with Crippen LogP contribution < -0.4 is 0 Å². The van der Waals surface area contributed by atoms with Crippen LogP contribution in [0.5, 0.6) is 0 Å². The second-order valence-corrected chi connectivity index (χ2v) is 12.1. The Balaban J connectivity index is 1.49. The summed E-state index contributed by atoms with van der Waals surface area (Å²) in [5, 5.41) is 2.39. The quantitative estimate of drug-likeness (QED) is 0.224. The van der Waals surface area contributed by atoms with Crippen LogP contribution in [0.3, 0.4) is 0 Å². The molecule has 0 aliphatic rings. The Hall–Kier alpha value is -4.28. The van der Waals surface area contributed by atoms with Gasteiger partial charge in [-0.2, -0.15) is 0 Å². The molecule has 5 aromatic carbocycles. The van der Waals surface area contributed by atoms with E-state index in [1.165, 1.54) is 37.9 Å². The molecular formula is C35H27FN2S. The Kier molecular flexibility index (Phi) is 5.43. The topological polar surface area (TPSA) is 17.8 Å². The Morgan fingerprint density at radius 2 is 1.44 bits per heavy atom. The summed E-state index contributed by atoms with van der Waals surface area (Å²) in [5.41, 5.74) is 7.77. The zero-order chi connectivity index (χ0) is 26.7. The maximum atomic E-state index is 13.7. The molecule has 4 heteroatoms. The molecular weight excluding hydrogens is 499 g/mol. The van der Waals surface area contributed by atoms with Gasteiger partial charge in [-0.15, -0.1) is 11.3 Å². The fourth-order valence-corrected chi connectivity index (χ4v) is 6.71. The van der Waals surface area contributed by atoms with Gasteiger partial charge in [-0.05, 0) is 70.6 Å². The molecule has 190 valence electrons. The number of hydrogen-bond acceptors (Lipinski definition) is 2. The van der Waals surface area contributed by atoms with Gasteiger partial charge >= 0.3 is 0 Å². The largest absolute Gasteiger partial charge is 0.292 e. The lowest BCUT2D eigenvalue weighted by Gasteiger charge is -2.19. The standard InChI is InChI=1S/C35H27FN2S/c1-35(2,3)23-16-20-25(21-17-23)38-30-12-5-4-11-29(30)37-34(38)28-10-6-9-27-32-26(22-14-18-24(36)19-15-22)8-7-13-31(32)39-33(27)28/h4-21H,1-3H3. The summed E-state index contributed by atoms with van der Waals surface area (Å²) in [6.07, 6.45) is 0. The van der Waals surface area contributed by atoms with E-state index in [0.29, 0.717) is 0 Å². The molecule has 2 nitrogen and oxygen atoms in total. The molecule has 39 heavy (non-hydrogen) atoms. The molecule has 0 N–H and O–H groups in total. The first kappa shape index (κ1) is 23.8. The lowest BCUT2D eigenvalue weighted by molar-refractivity contribution is 0.590. The minimum Gasteiger partial charge on any atom is -0.292 e. The monoisotopic (exact) mass is 526 g/mol. The van der Waals surface area contributed by atoms with Gasteiger partial charge in [0.15, 0.2) is 0 Å². The Labute approximate surface area is 231 Å². The number of halogens is 1. The average Bonchev–Trinajstić information content (AvgIpc) is 3.52. The maximum Gasteiger partial charge on any atom is 0.147 e. The zero-order valence-corrected chi connectivity index (χ0v) is 22.9. The summed E-state index contributed by atoms with van der Waals surface area (Å²) in [6, 6.07) is 36.8. The Morgan fingerprint density at radius 1 is 0.718 bits per heavy atom. The van der Waals surface area contributed by atoms with Gasteiger partial charge in [0.2, 0.25) is 0 Å². The molecule has 2 heterocycles. The summed E-state index contributed by atoms with van der Waals surface area (Å²) in [4.78, 5) is 5.17. The van der Waals surface area contributed by atoms with Gasteiger partial charge in [0.1, 0.15) is 11.6 Å². The van der Waals surface area contributed by atoms with Crippen molar-refractivity contribution >= 4 is 42.5 Å². The number of rotatable bonds is 3. The van der Waals surface area contributed by atoms with Gasteiger partial charge in [0.05, 0.1) is 11.0 Å². The summed E-state index contributed by atoms with van der Waals surface area (Å²) < 4.78 is 18.4. The van der Waals surface area contributed by atoms with E-state index in [9.17, 15) is 4.39 Å². The van der Waals surface area contributed by atoms with E-state index in [1.54, 1.807) is 11.3 Å². The second kappa shape index (κ2) is 8.89. The highest BCUT2D eigenvalue weighted by Crippen LogP contribution is 2.44. The van der Waals surface area contributed by atoms with Crippen LogP contribution >= 0.6 is 11.3 Å². The first-order valence-corrected chi connectivity index (χ1v) is 14.0. The van der Waals surface area contributed by atoms with Crippen molar-refractivity contribution in [2.75, 3.05) is 0 Å². The van der Waals surface area contributed by atoms with Crippen LogP contribution in [0.1, 0.15) is 26.3 Å². The first-order chi connectivity index (χ1) is 18.9.